The number of hydrogen-bond acceptors (Lipinski definition) is 5. The van der Waals surface area contributed by atoms with E-state index in [1.807, 2.05) is 19.1 Å². The molecule has 2 aromatic carbocycles. The van der Waals surface area contributed by atoms with Gasteiger partial charge in [-0.25, -0.2) is 14.2 Å². The number of benzene rings is 2. The molecule has 0 saturated carbocycles. The van der Waals surface area contributed by atoms with Crippen molar-refractivity contribution >= 4 is 29.1 Å². The SMILES string of the molecule is Cc1ccccc1NC(=O)COC(=O)c1cccnc1Nc1ccccc1F. The molecule has 0 saturated heterocycles. The van der Waals surface area contributed by atoms with Crippen LogP contribution < -0.4 is 10.6 Å². The summed E-state index contributed by atoms with van der Waals surface area (Å²) in [5, 5.41) is 5.45. The number of para-hydroxylation sites is 2. The molecule has 28 heavy (non-hydrogen) atoms. The van der Waals surface area contributed by atoms with Gasteiger partial charge in [-0.2, -0.15) is 0 Å². The Balaban J connectivity index is 1.65. The van der Waals surface area contributed by atoms with Crippen LogP contribution in [0.4, 0.5) is 21.6 Å². The van der Waals surface area contributed by atoms with Gasteiger partial charge in [-0.15, -0.1) is 0 Å². The third-order valence-electron chi connectivity index (χ3n) is 3.91. The van der Waals surface area contributed by atoms with E-state index in [0.29, 0.717) is 5.69 Å². The number of carbonyl (C=O) groups excluding carboxylic acids is 2. The van der Waals surface area contributed by atoms with Crippen molar-refractivity contribution in [2.24, 2.45) is 0 Å². The van der Waals surface area contributed by atoms with Crippen LogP contribution in [0.25, 0.3) is 0 Å². The molecule has 7 heteroatoms. The Morgan fingerprint density at radius 1 is 1.00 bits per heavy atom. The van der Waals surface area contributed by atoms with Crippen molar-refractivity contribution in [2.75, 3.05) is 17.2 Å². The number of ether oxygens (including phenoxy) is 1. The van der Waals surface area contributed by atoms with Gasteiger partial charge in [0.05, 0.1) is 5.69 Å². The van der Waals surface area contributed by atoms with E-state index >= 15 is 0 Å². The highest BCUT2D eigenvalue weighted by atomic mass is 19.1. The minimum absolute atomic E-state index is 0.0921. The van der Waals surface area contributed by atoms with E-state index in [1.54, 1.807) is 30.3 Å². The number of anilines is 3. The van der Waals surface area contributed by atoms with Crippen LogP contribution in [-0.4, -0.2) is 23.5 Å². The molecule has 0 aliphatic rings. The van der Waals surface area contributed by atoms with Crippen LogP contribution in [0.2, 0.25) is 0 Å². The topological polar surface area (TPSA) is 80.3 Å². The summed E-state index contributed by atoms with van der Waals surface area (Å²) in [5.41, 5.74) is 1.81. The average molecular weight is 379 g/mol. The van der Waals surface area contributed by atoms with Gasteiger partial charge in [0.15, 0.2) is 6.61 Å². The fourth-order valence-electron chi connectivity index (χ4n) is 2.47. The van der Waals surface area contributed by atoms with Crippen molar-refractivity contribution in [3.8, 4) is 0 Å². The highest BCUT2D eigenvalue weighted by Crippen LogP contribution is 2.21. The zero-order chi connectivity index (χ0) is 19.9. The highest BCUT2D eigenvalue weighted by Gasteiger charge is 2.16. The molecule has 6 nitrogen and oxygen atoms in total. The van der Waals surface area contributed by atoms with Crippen molar-refractivity contribution in [1.82, 2.24) is 4.98 Å². The van der Waals surface area contributed by atoms with Crippen LogP contribution in [-0.2, 0) is 9.53 Å². The minimum atomic E-state index is -0.744. The van der Waals surface area contributed by atoms with Gasteiger partial charge in [-0.3, -0.25) is 4.79 Å². The molecule has 0 radical (unpaired) electrons. The van der Waals surface area contributed by atoms with Crippen LogP contribution in [0.15, 0.2) is 66.9 Å². The predicted molar refractivity (Wildman–Crippen MR) is 104 cm³/mol. The maximum atomic E-state index is 13.8. The molecule has 3 aromatic rings. The summed E-state index contributed by atoms with van der Waals surface area (Å²) in [5.74, 6) is -1.55. The summed E-state index contributed by atoms with van der Waals surface area (Å²) in [6.07, 6.45) is 1.46. The van der Waals surface area contributed by atoms with Gasteiger partial charge in [-0.1, -0.05) is 30.3 Å². The molecular weight excluding hydrogens is 361 g/mol. The maximum Gasteiger partial charge on any atom is 0.342 e. The monoisotopic (exact) mass is 379 g/mol. The number of halogens is 1. The van der Waals surface area contributed by atoms with Gasteiger partial charge < -0.3 is 15.4 Å². The number of rotatable bonds is 6. The van der Waals surface area contributed by atoms with Gasteiger partial charge >= 0.3 is 5.97 Å². The number of aromatic nitrogens is 1. The molecular formula is C21H18FN3O3. The zero-order valence-corrected chi connectivity index (χ0v) is 15.1. The Hall–Kier alpha value is -3.74. The fourth-order valence-corrected chi connectivity index (χ4v) is 2.47. The lowest BCUT2D eigenvalue weighted by atomic mass is 10.2. The number of nitrogens with zero attached hydrogens (tertiary/aromatic N) is 1. The summed E-state index contributed by atoms with van der Waals surface area (Å²) in [6, 6.07) is 16.3. The quantitative estimate of drug-likeness (QED) is 0.631. The van der Waals surface area contributed by atoms with E-state index in [-0.39, 0.29) is 17.1 Å². The summed E-state index contributed by atoms with van der Waals surface area (Å²) < 4.78 is 18.9. The Kier molecular flexibility index (Phi) is 5.96. The lowest BCUT2D eigenvalue weighted by molar-refractivity contribution is -0.119. The number of esters is 1. The summed E-state index contributed by atoms with van der Waals surface area (Å²) in [7, 11) is 0. The van der Waals surface area contributed by atoms with Crippen molar-refractivity contribution in [3.63, 3.8) is 0 Å². The molecule has 0 aliphatic heterocycles. The van der Waals surface area contributed by atoms with E-state index in [9.17, 15) is 14.0 Å². The second-order valence-electron chi connectivity index (χ2n) is 5.94. The van der Waals surface area contributed by atoms with Crippen LogP contribution in [0.5, 0.6) is 0 Å². The molecule has 1 heterocycles. The maximum absolute atomic E-state index is 13.8. The van der Waals surface area contributed by atoms with Crippen LogP contribution in [0.3, 0.4) is 0 Å². The lowest BCUT2D eigenvalue weighted by Gasteiger charge is -2.12. The number of pyridine rings is 1. The molecule has 2 N–H and O–H groups in total. The van der Waals surface area contributed by atoms with E-state index in [0.717, 1.165) is 5.56 Å². The molecule has 0 bridgehead atoms. The Morgan fingerprint density at radius 2 is 1.71 bits per heavy atom. The first-order valence-corrected chi connectivity index (χ1v) is 8.54. The Labute approximate surface area is 161 Å². The Bertz CT molecular complexity index is 1010. The standard InChI is InChI=1S/C21H18FN3O3/c1-14-7-2-4-10-17(14)24-19(26)13-28-21(27)15-8-6-12-23-20(15)25-18-11-5-3-9-16(18)22/h2-12H,13H2,1H3,(H,23,25)(H,24,26). The molecule has 1 amide bonds. The summed E-state index contributed by atoms with van der Waals surface area (Å²) >= 11 is 0. The van der Waals surface area contributed by atoms with E-state index in [1.165, 1.54) is 24.4 Å². The van der Waals surface area contributed by atoms with Crippen molar-refractivity contribution in [2.45, 2.75) is 6.92 Å². The fraction of sp³-hybridized carbons (Fsp3) is 0.0952. The van der Waals surface area contributed by atoms with Crippen LogP contribution in [0.1, 0.15) is 15.9 Å². The van der Waals surface area contributed by atoms with Gasteiger partial charge in [0.2, 0.25) is 0 Å². The third-order valence-corrected chi connectivity index (χ3v) is 3.91. The molecule has 0 aliphatic carbocycles. The first kappa shape index (κ1) is 19.0. The number of hydrogen-bond donors (Lipinski definition) is 2. The molecule has 0 spiro atoms. The minimum Gasteiger partial charge on any atom is -0.452 e. The molecule has 0 fully saturated rings. The number of carbonyl (C=O) groups is 2. The summed E-state index contributed by atoms with van der Waals surface area (Å²) in [4.78, 5) is 28.5. The molecule has 3 rings (SSSR count). The van der Waals surface area contributed by atoms with E-state index < -0.39 is 24.3 Å². The number of nitrogens with one attached hydrogen (secondary N) is 2. The number of aryl methyl sites for hydroxylation is 1. The second kappa shape index (κ2) is 8.77. The van der Waals surface area contributed by atoms with Gasteiger partial charge in [-0.05, 0) is 42.8 Å². The van der Waals surface area contributed by atoms with Crippen molar-refractivity contribution in [3.05, 3.63) is 83.8 Å². The van der Waals surface area contributed by atoms with Crippen LogP contribution >= 0.6 is 0 Å². The molecule has 0 atom stereocenters. The highest BCUT2D eigenvalue weighted by molar-refractivity contribution is 5.98. The third kappa shape index (κ3) is 4.70. The predicted octanol–water partition coefficient (Wildman–Crippen LogP) is 4.07. The summed E-state index contributed by atoms with van der Waals surface area (Å²) in [6.45, 7) is 1.40. The zero-order valence-electron chi connectivity index (χ0n) is 15.1. The smallest absolute Gasteiger partial charge is 0.342 e. The molecule has 0 unspecified atom stereocenters. The van der Waals surface area contributed by atoms with Crippen molar-refractivity contribution in [1.29, 1.82) is 0 Å². The van der Waals surface area contributed by atoms with Gasteiger partial charge in [0.25, 0.3) is 5.91 Å². The average Bonchev–Trinajstić information content (AvgIpc) is 2.70. The second-order valence-corrected chi connectivity index (χ2v) is 5.94. The van der Waals surface area contributed by atoms with E-state index in [4.69, 9.17) is 4.74 Å². The van der Waals surface area contributed by atoms with Crippen LogP contribution in [0, 0.1) is 12.7 Å². The molecule has 1 aromatic heterocycles. The van der Waals surface area contributed by atoms with E-state index in [2.05, 4.69) is 15.6 Å². The van der Waals surface area contributed by atoms with Gasteiger partial charge in [0.1, 0.15) is 17.2 Å². The molecule has 142 valence electrons. The lowest BCUT2D eigenvalue weighted by Crippen LogP contribution is -2.21. The largest absolute Gasteiger partial charge is 0.452 e. The number of amides is 1. The van der Waals surface area contributed by atoms with Crippen molar-refractivity contribution < 1.29 is 18.7 Å². The Morgan fingerprint density at radius 3 is 2.46 bits per heavy atom. The van der Waals surface area contributed by atoms with Gasteiger partial charge in [0, 0.05) is 11.9 Å². The first-order valence-electron chi connectivity index (χ1n) is 8.54. The normalized spacial score (nSPS) is 10.2. The first-order chi connectivity index (χ1) is 13.5.